The first-order valence-electron chi connectivity index (χ1n) is 5.80. The van der Waals surface area contributed by atoms with Crippen molar-refractivity contribution in [2.75, 3.05) is 31.1 Å². The second-order valence-electron chi connectivity index (χ2n) is 4.01. The molecule has 1 aliphatic rings. The summed E-state index contributed by atoms with van der Waals surface area (Å²) in [5, 5.41) is 3.35. The zero-order valence-corrected chi connectivity index (χ0v) is 9.37. The molecule has 2 rings (SSSR count). The lowest BCUT2D eigenvalue weighted by atomic mass is 10.1. The van der Waals surface area contributed by atoms with Gasteiger partial charge in [0, 0.05) is 32.4 Å². The summed E-state index contributed by atoms with van der Waals surface area (Å²) in [5.41, 5.74) is 1.40. The van der Waals surface area contributed by atoms with Gasteiger partial charge in [0.05, 0.1) is 0 Å². The number of pyridine rings is 1. The van der Waals surface area contributed by atoms with Crippen molar-refractivity contribution in [2.24, 2.45) is 0 Å². The minimum atomic E-state index is 1.07. The fourth-order valence-electron chi connectivity index (χ4n) is 1.97. The highest BCUT2D eigenvalue weighted by Crippen LogP contribution is 2.14. The summed E-state index contributed by atoms with van der Waals surface area (Å²) in [6, 6.07) is 4.35. The third-order valence-electron chi connectivity index (χ3n) is 2.79. The van der Waals surface area contributed by atoms with Gasteiger partial charge in [-0.15, -0.1) is 0 Å². The van der Waals surface area contributed by atoms with Gasteiger partial charge in [0.15, 0.2) is 0 Å². The van der Waals surface area contributed by atoms with Crippen LogP contribution in [0.2, 0.25) is 0 Å². The number of hydrogen-bond donors (Lipinski definition) is 1. The first-order valence-corrected chi connectivity index (χ1v) is 5.80. The van der Waals surface area contributed by atoms with E-state index in [1.165, 1.54) is 12.0 Å². The summed E-state index contributed by atoms with van der Waals surface area (Å²) in [7, 11) is 0. The van der Waals surface area contributed by atoms with Crippen LogP contribution in [-0.2, 0) is 6.42 Å². The number of nitrogens with zero attached hydrogens (tertiary/aromatic N) is 2. The minimum absolute atomic E-state index is 1.07. The summed E-state index contributed by atoms with van der Waals surface area (Å²) < 4.78 is 0. The topological polar surface area (TPSA) is 28.2 Å². The maximum Gasteiger partial charge on any atom is 0.128 e. The Kier molecular flexibility index (Phi) is 3.56. The van der Waals surface area contributed by atoms with Crippen molar-refractivity contribution in [3.8, 4) is 0 Å². The average molecular weight is 205 g/mol. The van der Waals surface area contributed by atoms with E-state index < -0.39 is 0 Å². The van der Waals surface area contributed by atoms with Crippen LogP contribution in [0.3, 0.4) is 0 Å². The molecule has 3 heteroatoms. The fourth-order valence-corrected chi connectivity index (χ4v) is 1.97. The van der Waals surface area contributed by atoms with Gasteiger partial charge in [0.1, 0.15) is 5.82 Å². The SMILES string of the molecule is CCCc1ccnc(N2CCNCC2)c1. The van der Waals surface area contributed by atoms with Crippen LogP contribution >= 0.6 is 0 Å². The molecule has 3 nitrogen and oxygen atoms in total. The van der Waals surface area contributed by atoms with E-state index in [0.717, 1.165) is 38.4 Å². The number of aryl methyl sites for hydroxylation is 1. The van der Waals surface area contributed by atoms with Crippen molar-refractivity contribution in [3.05, 3.63) is 23.9 Å². The molecular formula is C12H19N3. The third-order valence-corrected chi connectivity index (χ3v) is 2.79. The Labute approximate surface area is 91.5 Å². The van der Waals surface area contributed by atoms with Gasteiger partial charge in [-0.05, 0) is 24.1 Å². The molecule has 0 unspecified atom stereocenters. The van der Waals surface area contributed by atoms with Gasteiger partial charge in [-0.3, -0.25) is 0 Å². The molecule has 0 bridgehead atoms. The van der Waals surface area contributed by atoms with Crippen LogP contribution in [-0.4, -0.2) is 31.2 Å². The van der Waals surface area contributed by atoms with Crippen LogP contribution < -0.4 is 10.2 Å². The summed E-state index contributed by atoms with van der Waals surface area (Å²) in [6.45, 7) is 6.50. The Morgan fingerprint density at radius 3 is 2.93 bits per heavy atom. The number of piperazine rings is 1. The van der Waals surface area contributed by atoms with Gasteiger partial charge >= 0.3 is 0 Å². The molecule has 15 heavy (non-hydrogen) atoms. The zero-order valence-electron chi connectivity index (χ0n) is 9.37. The molecule has 1 saturated heterocycles. The van der Waals surface area contributed by atoms with Crippen LogP contribution in [0.15, 0.2) is 18.3 Å². The maximum absolute atomic E-state index is 4.44. The first-order chi connectivity index (χ1) is 7.40. The number of nitrogens with one attached hydrogen (secondary N) is 1. The summed E-state index contributed by atoms with van der Waals surface area (Å²) in [4.78, 5) is 6.80. The number of rotatable bonds is 3. The van der Waals surface area contributed by atoms with Crippen molar-refractivity contribution in [3.63, 3.8) is 0 Å². The Morgan fingerprint density at radius 1 is 1.40 bits per heavy atom. The van der Waals surface area contributed by atoms with Crippen molar-refractivity contribution >= 4 is 5.82 Å². The van der Waals surface area contributed by atoms with Crippen LogP contribution in [0.25, 0.3) is 0 Å². The molecule has 0 atom stereocenters. The van der Waals surface area contributed by atoms with Gasteiger partial charge in [-0.1, -0.05) is 13.3 Å². The largest absolute Gasteiger partial charge is 0.354 e. The molecule has 1 aromatic rings. The lowest BCUT2D eigenvalue weighted by Crippen LogP contribution is -2.43. The molecule has 0 radical (unpaired) electrons. The smallest absolute Gasteiger partial charge is 0.128 e. The van der Waals surface area contributed by atoms with Gasteiger partial charge < -0.3 is 10.2 Å². The van der Waals surface area contributed by atoms with Gasteiger partial charge in [0.2, 0.25) is 0 Å². The monoisotopic (exact) mass is 205 g/mol. The molecule has 82 valence electrons. The maximum atomic E-state index is 4.44. The van der Waals surface area contributed by atoms with Crippen LogP contribution in [0.5, 0.6) is 0 Å². The van der Waals surface area contributed by atoms with E-state index in [2.05, 4.69) is 34.3 Å². The lowest BCUT2D eigenvalue weighted by Gasteiger charge is -2.28. The summed E-state index contributed by atoms with van der Waals surface area (Å²) >= 11 is 0. The van der Waals surface area contributed by atoms with E-state index in [9.17, 15) is 0 Å². The molecule has 0 saturated carbocycles. The number of aromatic nitrogens is 1. The van der Waals surface area contributed by atoms with Gasteiger partial charge in [0.25, 0.3) is 0 Å². The van der Waals surface area contributed by atoms with Crippen LogP contribution in [0, 0.1) is 0 Å². The predicted molar refractivity (Wildman–Crippen MR) is 63.3 cm³/mol. The second-order valence-corrected chi connectivity index (χ2v) is 4.01. The highest BCUT2D eigenvalue weighted by Gasteiger charge is 2.11. The standard InChI is InChI=1S/C12H19N3/c1-2-3-11-4-5-14-12(10-11)15-8-6-13-7-9-15/h4-5,10,13H,2-3,6-9H2,1H3. The summed E-state index contributed by atoms with van der Waals surface area (Å²) in [6.07, 6.45) is 4.29. The Bertz CT molecular complexity index is 305. The normalized spacial score (nSPS) is 16.7. The number of hydrogen-bond acceptors (Lipinski definition) is 3. The van der Waals surface area contributed by atoms with Crippen molar-refractivity contribution in [1.29, 1.82) is 0 Å². The Morgan fingerprint density at radius 2 is 2.20 bits per heavy atom. The Hall–Kier alpha value is -1.09. The van der Waals surface area contributed by atoms with Crippen molar-refractivity contribution < 1.29 is 0 Å². The summed E-state index contributed by atoms with van der Waals surface area (Å²) in [5.74, 6) is 1.14. The van der Waals surface area contributed by atoms with Crippen LogP contribution in [0.4, 0.5) is 5.82 Å². The predicted octanol–water partition coefficient (Wildman–Crippen LogP) is 1.44. The highest BCUT2D eigenvalue weighted by molar-refractivity contribution is 5.41. The van der Waals surface area contributed by atoms with Crippen LogP contribution in [0.1, 0.15) is 18.9 Å². The fraction of sp³-hybridized carbons (Fsp3) is 0.583. The van der Waals surface area contributed by atoms with Crippen molar-refractivity contribution in [1.82, 2.24) is 10.3 Å². The van der Waals surface area contributed by atoms with Gasteiger partial charge in [-0.2, -0.15) is 0 Å². The second kappa shape index (κ2) is 5.12. The quantitative estimate of drug-likeness (QED) is 0.809. The first kappa shape index (κ1) is 10.4. The molecule has 0 amide bonds. The Balaban J connectivity index is 2.09. The molecule has 0 spiro atoms. The van der Waals surface area contributed by atoms with E-state index >= 15 is 0 Å². The van der Waals surface area contributed by atoms with E-state index in [-0.39, 0.29) is 0 Å². The van der Waals surface area contributed by atoms with Crippen molar-refractivity contribution in [2.45, 2.75) is 19.8 Å². The number of anilines is 1. The molecule has 0 aromatic carbocycles. The van der Waals surface area contributed by atoms with E-state index in [1.807, 2.05) is 6.20 Å². The molecule has 1 aliphatic heterocycles. The van der Waals surface area contributed by atoms with Gasteiger partial charge in [-0.25, -0.2) is 4.98 Å². The zero-order chi connectivity index (χ0) is 10.5. The molecule has 0 aliphatic carbocycles. The molecule has 1 N–H and O–H groups in total. The highest BCUT2D eigenvalue weighted by atomic mass is 15.2. The molecule has 1 aromatic heterocycles. The van der Waals surface area contributed by atoms with E-state index in [4.69, 9.17) is 0 Å². The molecule has 1 fully saturated rings. The average Bonchev–Trinajstić information content (AvgIpc) is 2.31. The van der Waals surface area contributed by atoms with E-state index in [1.54, 1.807) is 0 Å². The lowest BCUT2D eigenvalue weighted by molar-refractivity contribution is 0.584. The molecular weight excluding hydrogens is 186 g/mol. The minimum Gasteiger partial charge on any atom is -0.354 e. The molecule has 2 heterocycles. The third kappa shape index (κ3) is 2.69. The van der Waals surface area contributed by atoms with E-state index in [0.29, 0.717) is 0 Å².